The summed E-state index contributed by atoms with van der Waals surface area (Å²) in [5.41, 5.74) is 4.19. The first-order valence-corrected chi connectivity index (χ1v) is 6.93. The molecule has 0 saturated carbocycles. The highest BCUT2D eigenvalue weighted by Gasteiger charge is 2.33. The van der Waals surface area contributed by atoms with E-state index in [-0.39, 0.29) is 0 Å². The first kappa shape index (κ1) is 10.2. The summed E-state index contributed by atoms with van der Waals surface area (Å²) >= 11 is 0. The van der Waals surface area contributed by atoms with Crippen LogP contribution in [0.25, 0.3) is 10.9 Å². The number of aromatic amines is 1. The number of fused-ring (bicyclic) bond motifs is 2. The second-order valence-corrected chi connectivity index (χ2v) is 5.48. The summed E-state index contributed by atoms with van der Waals surface area (Å²) < 4.78 is 0. The second-order valence-electron chi connectivity index (χ2n) is 5.48. The van der Waals surface area contributed by atoms with E-state index in [2.05, 4.69) is 46.7 Å². The molecule has 0 bridgehead atoms. The molecule has 1 saturated heterocycles. The first-order chi connectivity index (χ1) is 8.92. The quantitative estimate of drug-likeness (QED) is 0.781. The Kier molecular flexibility index (Phi) is 2.22. The Bertz CT molecular complexity index is 575. The standard InChI is InChI=1S/C16H18N2/c1-2-6-14-11(4-1)10-16(18-14)12-5-3-7-15-13(12)8-9-17-15/h1-2,4,6-7,10,12-13,17-18H,3,5,8-9H2. The fourth-order valence-electron chi connectivity index (χ4n) is 3.59. The monoisotopic (exact) mass is 238 g/mol. The van der Waals surface area contributed by atoms with Crippen LogP contribution in [-0.4, -0.2) is 11.5 Å². The number of nitrogens with one attached hydrogen (secondary N) is 2. The molecule has 4 rings (SSSR count). The fraction of sp³-hybridized carbons (Fsp3) is 0.375. The molecule has 18 heavy (non-hydrogen) atoms. The van der Waals surface area contributed by atoms with Crippen molar-refractivity contribution in [2.75, 3.05) is 6.54 Å². The van der Waals surface area contributed by atoms with E-state index in [9.17, 15) is 0 Å². The van der Waals surface area contributed by atoms with Crippen LogP contribution in [0, 0.1) is 5.92 Å². The van der Waals surface area contributed by atoms with Crippen molar-refractivity contribution in [3.63, 3.8) is 0 Å². The minimum Gasteiger partial charge on any atom is -0.388 e. The van der Waals surface area contributed by atoms with Crippen LogP contribution in [0.2, 0.25) is 0 Å². The summed E-state index contributed by atoms with van der Waals surface area (Å²) in [5.74, 6) is 1.39. The summed E-state index contributed by atoms with van der Waals surface area (Å²) in [6.07, 6.45) is 6.17. The lowest BCUT2D eigenvalue weighted by Crippen LogP contribution is -2.18. The van der Waals surface area contributed by atoms with Gasteiger partial charge in [0.05, 0.1) is 0 Å². The maximum absolute atomic E-state index is 3.62. The van der Waals surface area contributed by atoms with Gasteiger partial charge >= 0.3 is 0 Å². The summed E-state index contributed by atoms with van der Waals surface area (Å²) in [6, 6.07) is 10.9. The number of allylic oxidation sites excluding steroid dienone is 2. The van der Waals surface area contributed by atoms with Gasteiger partial charge in [-0.15, -0.1) is 0 Å². The van der Waals surface area contributed by atoms with Crippen LogP contribution in [0.1, 0.15) is 30.9 Å². The van der Waals surface area contributed by atoms with Crippen LogP contribution in [-0.2, 0) is 0 Å². The Balaban J connectivity index is 1.76. The van der Waals surface area contributed by atoms with Gasteiger partial charge in [0.25, 0.3) is 0 Å². The average Bonchev–Trinajstić information content (AvgIpc) is 3.04. The zero-order chi connectivity index (χ0) is 11.9. The molecule has 1 aromatic heterocycles. The van der Waals surface area contributed by atoms with Gasteiger partial charge in [-0.3, -0.25) is 0 Å². The van der Waals surface area contributed by atoms with Gasteiger partial charge in [0.15, 0.2) is 0 Å². The van der Waals surface area contributed by atoms with E-state index >= 15 is 0 Å². The van der Waals surface area contributed by atoms with Gasteiger partial charge < -0.3 is 10.3 Å². The molecule has 0 spiro atoms. The van der Waals surface area contributed by atoms with Gasteiger partial charge in [-0.1, -0.05) is 24.3 Å². The van der Waals surface area contributed by atoms with Crippen molar-refractivity contribution in [3.8, 4) is 0 Å². The molecule has 2 atom stereocenters. The normalized spacial score (nSPS) is 26.8. The Morgan fingerprint density at radius 2 is 2.00 bits per heavy atom. The number of aromatic nitrogens is 1. The molecule has 0 radical (unpaired) electrons. The van der Waals surface area contributed by atoms with Crippen LogP contribution >= 0.6 is 0 Å². The van der Waals surface area contributed by atoms with E-state index in [0.717, 1.165) is 6.54 Å². The van der Waals surface area contributed by atoms with Crippen molar-refractivity contribution in [2.45, 2.75) is 25.2 Å². The third-order valence-electron chi connectivity index (χ3n) is 4.46. The van der Waals surface area contributed by atoms with E-state index < -0.39 is 0 Å². The largest absolute Gasteiger partial charge is 0.388 e. The minimum atomic E-state index is 0.674. The molecular formula is C16H18N2. The van der Waals surface area contributed by atoms with Gasteiger partial charge in [-0.25, -0.2) is 0 Å². The topological polar surface area (TPSA) is 27.8 Å². The van der Waals surface area contributed by atoms with E-state index in [0.29, 0.717) is 11.8 Å². The molecule has 1 aliphatic carbocycles. The highest BCUT2D eigenvalue weighted by Crippen LogP contribution is 2.41. The van der Waals surface area contributed by atoms with Gasteiger partial charge in [-0.2, -0.15) is 0 Å². The van der Waals surface area contributed by atoms with Gasteiger partial charge in [0.2, 0.25) is 0 Å². The number of hydrogen-bond acceptors (Lipinski definition) is 1. The highest BCUT2D eigenvalue weighted by molar-refractivity contribution is 5.80. The van der Waals surface area contributed by atoms with Gasteiger partial charge in [0.1, 0.15) is 0 Å². The Hall–Kier alpha value is -1.70. The molecule has 2 aliphatic rings. The third kappa shape index (κ3) is 1.48. The number of benzene rings is 1. The molecule has 2 nitrogen and oxygen atoms in total. The molecule has 0 amide bonds. The summed E-state index contributed by atoms with van der Waals surface area (Å²) in [7, 11) is 0. The number of hydrogen-bond donors (Lipinski definition) is 2. The van der Waals surface area contributed by atoms with Crippen molar-refractivity contribution < 1.29 is 0 Å². The highest BCUT2D eigenvalue weighted by atomic mass is 14.9. The Morgan fingerprint density at radius 3 is 2.94 bits per heavy atom. The lowest BCUT2D eigenvalue weighted by atomic mass is 9.79. The molecule has 2 N–H and O–H groups in total. The van der Waals surface area contributed by atoms with Crippen molar-refractivity contribution in [3.05, 3.63) is 47.8 Å². The number of H-pyrrole nitrogens is 1. The lowest BCUT2D eigenvalue weighted by Gasteiger charge is -2.27. The second kappa shape index (κ2) is 3.91. The van der Waals surface area contributed by atoms with E-state index in [4.69, 9.17) is 0 Å². The SMILES string of the molecule is C1=C2NCCC2C(c2cc3ccccc3[nH]2)CC1. The smallest absolute Gasteiger partial charge is 0.0456 e. The summed E-state index contributed by atoms with van der Waals surface area (Å²) in [6.45, 7) is 1.15. The van der Waals surface area contributed by atoms with E-state index in [1.807, 2.05) is 0 Å². The first-order valence-electron chi connectivity index (χ1n) is 6.93. The average molecular weight is 238 g/mol. The van der Waals surface area contributed by atoms with E-state index in [1.54, 1.807) is 0 Å². The third-order valence-corrected chi connectivity index (χ3v) is 4.46. The molecule has 1 fully saturated rings. The van der Waals surface area contributed by atoms with E-state index in [1.165, 1.54) is 41.6 Å². The number of para-hydroxylation sites is 1. The predicted octanol–water partition coefficient (Wildman–Crippen LogP) is 3.54. The molecule has 92 valence electrons. The van der Waals surface area contributed by atoms with Gasteiger partial charge in [0, 0.05) is 35.3 Å². The summed E-state index contributed by atoms with van der Waals surface area (Å²) in [4.78, 5) is 3.62. The lowest BCUT2D eigenvalue weighted by molar-refractivity contribution is 0.443. The predicted molar refractivity (Wildman–Crippen MR) is 74.5 cm³/mol. The molecule has 2 heteroatoms. The number of rotatable bonds is 1. The molecule has 2 unspecified atom stereocenters. The summed E-state index contributed by atoms with van der Waals surface area (Å²) in [5, 5.41) is 4.88. The van der Waals surface area contributed by atoms with Gasteiger partial charge in [-0.05, 0) is 36.8 Å². The van der Waals surface area contributed by atoms with Crippen LogP contribution in [0.15, 0.2) is 42.1 Å². The zero-order valence-corrected chi connectivity index (χ0v) is 10.4. The molecule has 1 aromatic carbocycles. The van der Waals surface area contributed by atoms with Crippen LogP contribution in [0.4, 0.5) is 0 Å². The Morgan fingerprint density at radius 1 is 1.06 bits per heavy atom. The van der Waals surface area contributed by atoms with Crippen molar-refractivity contribution in [2.24, 2.45) is 5.92 Å². The maximum atomic E-state index is 3.62. The molecular weight excluding hydrogens is 220 g/mol. The molecule has 1 aliphatic heterocycles. The van der Waals surface area contributed by atoms with Crippen molar-refractivity contribution in [1.82, 2.24) is 10.3 Å². The van der Waals surface area contributed by atoms with Crippen LogP contribution < -0.4 is 5.32 Å². The maximum Gasteiger partial charge on any atom is 0.0456 e. The zero-order valence-electron chi connectivity index (χ0n) is 10.4. The minimum absolute atomic E-state index is 0.674. The molecule has 2 heterocycles. The Labute approximate surface area is 107 Å². The molecule has 2 aromatic rings. The van der Waals surface area contributed by atoms with Crippen molar-refractivity contribution >= 4 is 10.9 Å². The van der Waals surface area contributed by atoms with Crippen molar-refractivity contribution in [1.29, 1.82) is 0 Å². The fourth-order valence-corrected chi connectivity index (χ4v) is 3.59. The van der Waals surface area contributed by atoms with Crippen LogP contribution in [0.5, 0.6) is 0 Å². The van der Waals surface area contributed by atoms with Crippen LogP contribution in [0.3, 0.4) is 0 Å².